The molecule has 1 N–H and O–H groups in total. The molecule has 5 heteroatoms. The van der Waals surface area contributed by atoms with Crippen molar-refractivity contribution in [3.05, 3.63) is 33.7 Å². The number of nitrogens with zero attached hydrogens (tertiary/aromatic N) is 1. The Kier molecular flexibility index (Phi) is 2.68. The maximum Gasteiger partial charge on any atom is 0.326 e. The van der Waals surface area contributed by atoms with E-state index in [0.29, 0.717) is 11.6 Å². The molecule has 1 atom stereocenters. The second-order valence-corrected chi connectivity index (χ2v) is 4.77. The molecule has 1 unspecified atom stereocenters. The molecule has 3 rings (SSSR count). The minimum absolute atomic E-state index is 0.0993. The van der Waals surface area contributed by atoms with E-state index in [1.165, 1.54) is 0 Å². The van der Waals surface area contributed by atoms with Crippen LogP contribution in [0.4, 0.5) is 0 Å². The number of imidazole rings is 1. The summed E-state index contributed by atoms with van der Waals surface area (Å²) in [4.78, 5) is 14.7. The number of ether oxygens (including phenoxy) is 1. The van der Waals surface area contributed by atoms with Crippen LogP contribution >= 0.6 is 11.6 Å². The van der Waals surface area contributed by atoms with E-state index in [-0.39, 0.29) is 11.8 Å². The summed E-state index contributed by atoms with van der Waals surface area (Å²) >= 11 is 5.89. The molecule has 1 aromatic carbocycles. The molecule has 1 aliphatic heterocycles. The minimum Gasteiger partial charge on any atom is -0.376 e. The number of rotatable bonds is 2. The van der Waals surface area contributed by atoms with Gasteiger partial charge in [0, 0.05) is 11.6 Å². The predicted molar refractivity (Wildman–Crippen MR) is 66.5 cm³/mol. The molecule has 0 saturated carbocycles. The van der Waals surface area contributed by atoms with Gasteiger partial charge in [0.25, 0.3) is 0 Å². The summed E-state index contributed by atoms with van der Waals surface area (Å²) < 4.78 is 7.28. The van der Waals surface area contributed by atoms with Crippen LogP contribution in [0.5, 0.6) is 0 Å². The quantitative estimate of drug-likeness (QED) is 0.890. The lowest BCUT2D eigenvalue weighted by Gasteiger charge is -2.09. The van der Waals surface area contributed by atoms with Crippen LogP contribution in [0.25, 0.3) is 11.0 Å². The smallest absolute Gasteiger partial charge is 0.326 e. The van der Waals surface area contributed by atoms with Gasteiger partial charge in [-0.1, -0.05) is 11.6 Å². The van der Waals surface area contributed by atoms with E-state index in [9.17, 15) is 4.79 Å². The van der Waals surface area contributed by atoms with Crippen LogP contribution in [-0.2, 0) is 11.3 Å². The van der Waals surface area contributed by atoms with E-state index in [1.807, 2.05) is 6.07 Å². The Labute approximate surface area is 103 Å². The zero-order valence-corrected chi connectivity index (χ0v) is 10.0. The zero-order chi connectivity index (χ0) is 11.8. The average Bonchev–Trinajstić information content (AvgIpc) is 2.88. The van der Waals surface area contributed by atoms with Gasteiger partial charge >= 0.3 is 5.69 Å². The third kappa shape index (κ3) is 1.98. The van der Waals surface area contributed by atoms with Crippen molar-refractivity contribution in [2.45, 2.75) is 25.5 Å². The van der Waals surface area contributed by atoms with Gasteiger partial charge in [-0.05, 0) is 31.0 Å². The molecular weight excluding hydrogens is 240 g/mol. The predicted octanol–water partition coefficient (Wildman–Crippen LogP) is 2.16. The summed E-state index contributed by atoms with van der Waals surface area (Å²) in [5.74, 6) is 0. The number of nitrogens with one attached hydrogen (secondary N) is 1. The lowest BCUT2D eigenvalue weighted by molar-refractivity contribution is 0.0972. The number of halogens is 1. The number of fused-ring (bicyclic) bond motifs is 1. The highest BCUT2D eigenvalue weighted by Gasteiger charge is 2.18. The number of hydrogen-bond acceptors (Lipinski definition) is 2. The Morgan fingerprint density at radius 1 is 1.53 bits per heavy atom. The molecule has 0 aliphatic carbocycles. The minimum atomic E-state index is -0.0993. The van der Waals surface area contributed by atoms with Crippen molar-refractivity contribution in [2.24, 2.45) is 0 Å². The van der Waals surface area contributed by atoms with E-state index in [2.05, 4.69) is 4.98 Å². The summed E-state index contributed by atoms with van der Waals surface area (Å²) in [5, 5.41) is 0.628. The third-order valence-corrected chi connectivity index (χ3v) is 3.38. The number of benzene rings is 1. The summed E-state index contributed by atoms with van der Waals surface area (Å²) in [6.45, 7) is 1.41. The molecule has 2 aromatic rings. The van der Waals surface area contributed by atoms with Crippen molar-refractivity contribution in [1.82, 2.24) is 9.55 Å². The summed E-state index contributed by atoms with van der Waals surface area (Å²) in [6, 6.07) is 5.43. The van der Waals surface area contributed by atoms with Crippen LogP contribution in [0, 0.1) is 0 Å². The Hall–Kier alpha value is -1.26. The number of aromatic amines is 1. The molecule has 2 heterocycles. The standard InChI is InChI=1S/C12H13ClN2O2/c13-8-3-4-11-10(6-8)14-12(16)15(11)7-9-2-1-5-17-9/h3-4,6,9H,1-2,5,7H2,(H,14,16). The molecule has 1 saturated heterocycles. The maximum absolute atomic E-state index is 11.8. The molecule has 0 radical (unpaired) electrons. The van der Waals surface area contributed by atoms with Gasteiger partial charge in [0.15, 0.2) is 0 Å². The number of H-pyrrole nitrogens is 1. The highest BCUT2D eigenvalue weighted by molar-refractivity contribution is 6.31. The first-order valence-corrected chi connectivity index (χ1v) is 6.11. The second kappa shape index (κ2) is 4.20. The first-order valence-electron chi connectivity index (χ1n) is 5.74. The van der Waals surface area contributed by atoms with Crippen molar-refractivity contribution in [3.8, 4) is 0 Å². The fourth-order valence-electron chi connectivity index (χ4n) is 2.31. The Bertz CT molecular complexity index is 596. The molecule has 0 spiro atoms. The average molecular weight is 253 g/mol. The van der Waals surface area contributed by atoms with Crippen LogP contribution in [0.15, 0.2) is 23.0 Å². The van der Waals surface area contributed by atoms with Gasteiger partial charge in [-0.3, -0.25) is 4.57 Å². The van der Waals surface area contributed by atoms with Gasteiger partial charge in [-0.2, -0.15) is 0 Å². The van der Waals surface area contributed by atoms with Crippen LogP contribution < -0.4 is 5.69 Å². The lowest BCUT2D eigenvalue weighted by Crippen LogP contribution is -2.24. The fourth-order valence-corrected chi connectivity index (χ4v) is 2.48. The van der Waals surface area contributed by atoms with Gasteiger partial charge in [-0.25, -0.2) is 4.79 Å². The van der Waals surface area contributed by atoms with Gasteiger partial charge in [0.2, 0.25) is 0 Å². The van der Waals surface area contributed by atoms with E-state index < -0.39 is 0 Å². The second-order valence-electron chi connectivity index (χ2n) is 4.34. The molecule has 0 amide bonds. The molecule has 4 nitrogen and oxygen atoms in total. The third-order valence-electron chi connectivity index (χ3n) is 3.15. The zero-order valence-electron chi connectivity index (χ0n) is 9.28. The van der Waals surface area contributed by atoms with Crippen molar-refractivity contribution in [3.63, 3.8) is 0 Å². The highest BCUT2D eigenvalue weighted by Crippen LogP contribution is 2.19. The Balaban J connectivity index is 2.02. The monoisotopic (exact) mass is 252 g/mol. The fraction of sp³-hybridized carbons (Fsp3) is 0.417. The molecule has 1 aliphatic rings. The van der Waals surface area contributed by atoms with Crippen LogP contribution in [0.1, 0.15) is 12.8 Å². The molecule has 1 aromatic heterocycles. The van der Waals surface area contributed by atoms with Gasteiger partial charge in [0.1, 0.15) is 0 Å². The lowest BCUT2D eigenvalue weighted by atomic mass is 10.2. The van der Waals surface area contributed by atoms with Gasteiger partial charge < -0.3 is 9.72 Å². The topological polar surface area (TPSA) is 47.0 Å². The van der Waals surface area contributed by atoms with Crippen LogP contribution in [0.3, 0.4) is 0 Å². The van der Waals surface area contributed by atoms with Crippen molar-refractivity contribution < 1.29 is 4.74 Å². The summed E-state index contributed by atoms with van der Waals surface area (Å²) in [7, 11) is 0. The van der Waals surface area contributed by atoms with E-state index in [1.54, 1.807) is 16.7 Å². The van der Waals surface area contributed by atoms with Crippen molar-refractivity contribution >= 4 is 22.6 Å². The Morgan fingerprint density at radius 3 is 3.18 bits per heavy atom. The summed E-state index contributed by atoms with van der Waals surface area (Å²) in [6.07, 6.45) is 2.25. The molecule has 1 fully saturated rings. The first-order chi connectivity index (χ1) is 8.24. The van der Waals surface area contributed by atoms with E-state index >= 15 is 0 Å². The van der Waals surface area contributed by atoms with Crippen LogP contribution in [0.2, 0.25) is 5.02 Å². The van der Waals surface area contributed by atoms with Gasteiger partial charge in [-0.15, -0.1) is 0 Å². The van der Waals surface area contributed by atoms with E-state index in [4.69, 9.17) is 16.3 Å². The highest BCUT2D eigenvalue weighted by atomic mass is 35.5. The van der Waals surface area contributed by atoms with Gasteiger partial charge in [0.05, 0.1) is 23.7 Å². The SMILES string of the molecule is O=c1[nH]c2cc(Cl)ccc2n1CC1CCCO1. The molecule has 0 bridgehead atoms. The first kappa shape index (κ1) is 10.9. The number of aromatic nitrogens is 2. The molecule has 90 valence electrons. The molecular formula is C12H13ClN2O2. The summed E-state index contributed by atoms with van der Waals surface area (Å²) in [5.41, 5.74) is 1.56. The number of hydrogen-bond donors (Lipinski definition) is 1. The molecule has 17 heavy (non-hydrogen) atoms. The van der Waals surface area contributed by atoms with Crippen molar-refractivity contribution in [1.29, 1.82) is 0 Å². The maximum atomic E-state index is 11.8. The van der Waals surface area contributed by atoms with Crippen LogP contribution in [-0.4, -0.2) is 22.3 Å². The normalized spacial score (nSPS) is 20.2. The largest absolute Gasteiger partial charge is 0.376 e. The van der Waals surface area contributed by atoms with E-state index in [0.717, 1.165) is 30.5 Å². The Morgan fingerprint density at radius 2 is 2.41 bits per heavy atom. The van der Waals surface area contributed by atoms with Crippen molar-refractivity contribution in [2.75, 3.05) is 6.61 Å².